The zero-order valence-corrected chi connectivity index (χ0v) is 13.2. The third-order valence-electron chi connectivity index (χ3n) is 4.58. The summed E-state index contributed by atoms with van der Waals surface area (Å²) in [5.41, 5.74) is 6.51. The van der Waals surface area contributed by atoms with Gasteiger partial charge in [0.2, 0.25) is 5.91 Å². The third kappa shape index (κ3) is 3.54. The van der Waals surface area contributed by atoms with Gasteiger partial charge in [-0.3, -0.25) is 14.5 Å². The standard InChI is InChI=1S/C17H23N3O3/c18-16(21)15(13-5-2-1-3-6-13)19-8-10-20(11-9-19)17(22)14-7-4-12-23-14/h1-3,5-6,14-15H,4,7-12H2,(H2,18,21)/t14-,15+/m1/s1. The zero-order chi connectivity index (χ0) is 16.2. The summed E-state index contributed by atoms with van der Waals surface area (Å²) in [7, 11) is 0. The molecule has 1 aromatic carbocycles. The molecule has 124 valence electrons. The van der Waals surface area contributed by atoms with E-state index in [1.807, 2.05) is 35.2 Å². The lowest BCUT2D eigenvalue weighted by Gasteiger charge is -2.38. The lowest BCUT2D eigenvalue weighted by molar-refractivity contribution is -0.143. The molecule has 0 aliphatic carbocycles. The molecule has 2 N–H and O–H groups in total. The lowest BCUT2D eigenvalue weighted by Crippen LogP contribution is -2.53. The highest BCUT2D eigenvalue weighted by atomic mass is 16.5. The first-order valence-electron chi connectivity index (χ1n) is 8.15. The summed E-state index contributed by atoms with van der Waals surface area (Å²) in [6.07, 6.45) is 1.49. The van der Waals surface area contributed by atoms with Crippen LogP contribution in [0.5, 0.6) is 0 Å². The van der Waals surface area contributed by atoms with E-state index in [1.165, 1.54) is 0 Å². The second-order valence-corrected chi connectivity index (χ2v) is 6.08. The van der Waals surface area contributed by atoms with E-state index in [-0.39, 0.29) is 17.9 Å². The fraction of sp³-hybridized carbons (Fsp3) is 0.529. The Morgan fingerprint density at radius 2 is 1.83 bits per heavy atom. The fourth-order valence-corrected chi connectivity index (χ4v) is 3.37. The maximum Gasteiger partial charge on any atom is 0.251 e. The molecule has 6 heteroatoms. The number of ether oxygens (including phenoxy) is 1. The van der Waals surface area contributed by atoms with Gasteiger partial charge in [0.1, 0.15) is 12.1 Å². The Morgan fingerprint density at radius 1 is 1.13 bits per heavy atom. The molecular formula is C17H23N3O3. The van der Waals surface area contributed by atoms with Crippen molar-refractivity contribution in [1.82, 2.24) is 9.80 Å². The molecule has 0 aromatic heterocycles. The van der Waals surface area contributed by atoms with E-state index in [9.17, 15) is 9.59 Å². The van der Waals surface area contributed by atoms with E-state index < -0.39 is 6.04 Å². The maximum atomic E-state index is 12.4. The van der Waals surface area contributed by atoms with Crippen LogP contribution in [0.3, 0.4) is 0 Å². The van der Waals surface area contributed by atoms with Crippen LogP contribution >= 0.6 is 0 Å². The number of nitrogens with zero attached hydrogens (tertiary/aromatic N) is 2. The van der Waals surface area contributed by atoms with E-state index in [2.05, 4.69) is 4.90 Å². The first-order chi connectivity index (χ1) is 11.2. The minimum absolute atomic E-state index is 0.0810. The Bertz CT molecular complexity index is 549. The number of amides is 2. The molecule has 6 nitrogen and oxygen atoms in total. The molecule has 0 radical (unpaired) electrons. The topological polar surface area (TPSA) is 75.9 Å². The molecule has 2 fully saturated rings. The fourth-order valence-electron chi connectivity index (χ4n) is 3.37. The van der Waals surface area contributed by atoms with Crippen LogP contribution in [0.1, 0.15) is 24.4 Å². The first kappa shape index (κ1) is 16.0. The van der Waals surface area contributed by atoms with Gasteiger partial charge in [-0.1, -0.05) is 30.3 Å². The highest BCUT2D eigenvalue weighted by Gasteiger charge is 2.33. The molecule has 2 aliphatic heterocycles. The number of primary amides is 1. The van der Waals surface area contributed by atoms with Gasteiger partial charge in [0.05, 0.1) is 0 Å². The van der Waals surface area contributed by atoms with E-state index in [0.29, 0.717) is 32.8 Å². The van der Waals surface area contributed by atoms with E-state index in [1.54, 1.807) is 0 Å². The predicted octanol–water partition coefficient (Wildman–Crippen LogP) is 0.536. The molecule has 2 saturated heterocycles. The van der Waals surface area contributed by atoms with Crippen LogP contribution in [-0.2, 0) is 14.3 Å². The summed E-state index contributed by atoms with van der Waals surface area (Å²) in [5.74, 6) is -0.271. The summed E-state index contributed by atoms with van der Waals surface area (Å²) in [4.78, 5) is 28.2. The Hall–Kier alpha value is -1.92. The Balaban J connectivity index is 1.63. The molecule has 0 bridgehead atoms. The van der Waals surface area contributed by atoms with Crippen molar-refractivity contribution in [3.8, 4) is 0 Å². The first-order valence-corrected chi connectivity index (χ1v) is 8.15. The normalized spacial score (nSPS) is 23.7. The second kappa shape index (κ2) is 7.10. The van der Waals surface area contributed by atoms with Crippen LogP contribution in [0.25, 0.3) is 0 Å². The van der Waals surface area contributed by atoms with Crippen LogP contribution in [0, 0.1) is 0 Å². The second-order valence-electron chi connectivity index (χ2n) is 6.08. The van der Waals surface area contributed by atoms with Crippen LogP contribution in [0.2, 0.25) is 0 Å². The van der Waals surface area contributed by atoms with Crippen LogP contribution in [-0.4, -0.2) is 60.5 Å². The van der Waals surface area contributed by atoms with Gasteiger partial charge < -0.3 is 15.4 Å². The highest BCUT2D eigenvalue weighted by Crippen LogP contribution is 2.23. The minimum atomic E-state index is -0.434. The quantitative estimate of drug-likeness (QED) is 0.879. The smallest absolute Gasteiger partial charge is 0.251 e. The summed E-state index contributed by atoms with van der Waals surface area (Å²) < 4.78 is 5.47. The predicted molar refractivity (Wildman–Crippen MR) is 85.5 cm³/mol. The zero-order valence-electron chi connectivity index (χ0n) is 13.2. The molecule has 3 rings (SSSR count). The monoisotopic (exact) mass is 317 g/mol. The Labute approximate surface area is 136 Å². The van der Waals surface area contributed by atoms with Gasteiger partial charge in [0, 0.05) is 32.8 Å². The molecule has 2 aliphatic rings. The molecule has 0 unspecified atom stereocenters. The van der Waals surface area contributed by atoms with Gasteiger partial charge in [0.25, 0.3) is 5.91 Å². The molecule has 0 saturated carbocycles. The van der Waals surface area contributed by atoms with Gasteiger partial charge in [-0.25, -0.2) is 0 Å². The Morgan fingerprint density at radius 3 is 2.39 bits per heavy atom. The van der Waals surface area contributed by atoms with Crippen molar-refractivity contribution in [2.24, 2.45) is 5.73 Å². The van der Waals surface area contributed by atoms with Gasteiger partial charge in [0.15, 0.2) is 0 Å². The largest absolute Gasteiger partial charge is 0.368 e. The van der Waals surface area contributed by atoms with Crippen LogP contribution in [0.15, 0.2) is 30.3 Å². The highest BCUT2D eigenvalue weighted by molar-refractivity contribution is 5.82. The van der Waals surface area contributed by atoms with Gasteiger partial charge >= 0.3 is 0 Å². The number of carbonyl (C=O) groups excluding carboxylic acids is 2. The maximum absolute atomic E-state index is 12.4. The van der Waals surface area contributed by atoms with Crippen molar-refractivity contribution in [3.63, 3.8) is 0 Å². The Kier molecular flexibility index (Phi) is 4.93. The summed E-state index contributed by atoms with van der Waals surface area (Å²) >= 11 is 0. The van der Waals surface area contributed by atoms with E-state index in [0.717, 1.165) is 18.4 Å². The van der Waals surface area contributed by atoms with Gasteiger partial charge in [-0.05, 0) is 18.4 Å². The van der Waals surface area contributed by atoms with E-state index >= 15 is 0 Å². The van der Waals surface area contributed by atoms with Crippen molar-refractivity contribution in [3.05, 3.63) is 35.9 Å². The van der Waals surface area contributed by atoms with Crippen molar-refractivity contribution in [1.29, 1.82) is 0 Å². The minimum Gasteiger partial charge on any atom is -0.368 e. The van der Waals surface area contributed by atoms with Crippen molar-refractivity contribution >= 4 is 11.8 Å². The summed E-state index contributed by atoms with van der Waals surface area (Å²) in [5, 5.41) is 0. The average Bonchev–Trinajstić information content (AvgIpc) is 3.10. The molecule has 2 atom stereocenters. The van der Waals surface area contributed by atoms with Crippen molar-refractivity contribution < 1.29 is 14.3 Å². The number of hydrogen-bond acceptors (Lipinski definition) is 4. The average molecular weight is 317 g/mol. The number of nitrogens with two attached hydrogens (primary N) is 1. The number of rotatable bonds is 4. The van der Waals surface area contributed by atoms with Crippen LogP contribution in [0.4, 0.5) is 0 Å². The molecule has 23 heavy (non-hydrogen) atoms. The number of piperazine rings is 1. The molecule has 2 heterocycles. The summed E-state index contributed by atoms with van der Waals surface area (Å²) in [6.45, 7) is 3.17. The van der Waals surface area contributed by atoms with Crippen molar-refractivity contribution in [2.75, 3.05) is 32.8 Å². The lowest BCUT2D eigenvalue weighted by atomic mass is 10.0. The summed E-state index contributed by atoms with van der Waals surface area (Å²) in [6, 6.07) is 9.12. The SMILES string of the molecule is NC(=O)[C@H](c1ccccc1)N1CCN(C(=O)[C@H]2CCCO2)CC1. The van der Waals surface area contributed by atoms with Gasteiger partial charge in [-0.15, -0.1) is 0 Å². The number of benzene rings is 1. The van der Waals surface area contributed by atoms with Gasteiger partial charge in [-0.2, -0.15) is 0 Å². The third-order valence-corrected chi connectivity index (χ3v) is 4.58. The molecular weight excluding hydrogens is 294 g/mol. The van der Waals surface area contributed by atoms with E-state index in [4.69, 9.17) is 10.5 Å². The number of hydrogen-bond donors (Lipinski definition) is 1. The molecule has 2 amide bonds. The number of carbonyl (C=O) groups is 2. The molecule has 1 aromatic rings. The van der Waals surface area contributed by atoms with Crippen LogP contribution < -0.4 is 5.73 Å². The van der Waals surface area contributed by atoms with Crippen molar-refractivity contribution in [2.45, 2.75) is 25.0 Å². The molecule has 0 spiro atoms.